The number of fused-ring (bicyclic) bond motifs is 3. The van der Waals surface area contributed by atoms with E-state index in [1.54, 1.807) is 6.07 Å². The van der Waals surface area contributed by atoms with Crippen LogP contribution in [0.15, 0.2) is 23.2 Å². The quantitative estimate of drug-likeness (QED) is 0.334. The van der Waals surface area contributed by atoms with Crippen LogP contribution in [0.5, 0.6) is 5.88 Å². The van der Waals surface area contributed by atoms with Gasteiger partial charge in [0.05, 0.1) is 4.92 Å². The van der Waals surface area contributed by atoms with Crippen LogP contribution in [0.2, 0.25) is 0 Å². The summed E-state index contributed by atoms with van der Waals surface area (Å²) in [4.78, 5) is 42.7. The number of aliphatic imine (C=N–C) groups is 1. The third-order valence-electron chi connectivity index (χ3n) is 4.37. The number of H-pyrrole nitrogens is 1. The molecule has 1 aromatic carbocycles. The molecule has 0 saturated carbocycles. The zero-order valence-corrected chi connectivity index (χ0v) is 15.7. The molecule has 0 unspecified atom stereocenters. The molecule has 2 aliphatic heterocycles. The van der Waals surface area contributed by atoms with Gasteiger partial charge in [-0.05, 0) is 12.0 Å². The molecule has 0 aliphatic carbocycles. The lowest BCUT2D eigenvalue weighted by Crippen LogP contribution is -2.29. The second-order valence-electron chi connectivity index (χ2n) is 6.37. The number of carbonyl (C=O) groups excluding carboxylic acids is 1. The number of nitrogens with zero attached hydrogens (tertiary/aromatic N) is 3. The fourth-order valence-corrected chi connectivity index (χ4v) is 3.12. The monoisotopic (exact) mass is 454 g/mol. The van der Waals surface area contributed by atoms with E-state index in [0.29, 0.717) is 29.7 Å². The van der Waals surface area contributed by atoms with Gasteiger partial charge in [-0.2, -0.15) is 18.2 Å². The van der Waals surface area contributed by atoms with Gasteiger partial charge in [-0.1, -0.05) is 12.1 Å². The first kappa shape index (κ1) is 22.3. The van der Waals surface area contributed by atoms with Gasteiger partial charge in [0.15, 0.2) is 0 Å². The Morgan fingerprint density at radius 1 is 1.31 bits per heavy atom. The van der Waals surface area contributed by atoms with Gasteiger partial charge in [0.1, 0.15) is 17.1 Å². The maximum Gasteiger partial charge on any atom is 0.490 e. The first-order valence-corrected chi connectivity index (χ1v) is 8.65. The second-order valence-corrected chi connectivity index (χ2v) is 6.37. The van der Waals surface area contributed by atoms with Crippen LogP contribution >= 0.6 is 0 Å². The SMILES string of the molecule is Nc1nc(O)c(C2=C3C(=Nc4c3cccc4[N+](=O)[O-])C(=O)NCC2)[nH]1.O=C(O)C(F)(F)F. The number of benzene rings is 1. The topological polar surface area (TPSA) is 197 Å². The maximum atomic E-state index is 12.4. The lowest BCUT2D eigenvalue weighted by atomic mass is 9.93. The predicted octanol–water partition coefficient (Wildman–Crippen LogP) is 1.76. The van der Waals surface area contributed by atoms with Crippen LogP contribution in [0, 0.1) is 10.1 Å². The van der Waals surface area contributed by atoms with Crippen LogP contribution in [0.3, 0.4) is 0 Å². The van der Waals surface area contributed by atoms with E-state index in [1.165, 1.54) is 12.1 Å². The number of aromatic hydroxyl groups is 1. The minimum Gasteiger partial charge on any atom is -0.492 e. The molecule has 0 saturated heterocycles. The van der Waals surface area contributed by atoms with Crippen LogP contribution in [0.1, 0.15) is 17.7 Å². The fourth-order valence-electron chi connectivity index (χ4n) is 3.12. The molecule has 1 aromatic heterocycles. The molecule has 0 bridgehead atoms. The van der Waals surface area contributed by atoms with Gasteiger partial charge in [0.2, 0.25) is 11.8 Å². The summed E-state index contributed by atoms with van der Waals surface area (Å²) in [6.45, 7) is 0.319. The number of para-hydroxylation sites is 1. The van der Waals surface area contributed by atoms with Crippen LogP contribution in [0.4, 0.5) is 30.5 Å². The van der Waals surface area contributed by atoms with Crippen molar-refractivity contribution in [2.75, 3.05) is 12.3 Å². The average molecular weight is 454 g/mol. The number of carboxylic acids is 1. The summed E-state index contributed by atoms with van der Waals surface area (Å²) in [5, 5.41) is 31.1. The molecule has 15 heteroatoms. The number of imidazole rings is 1. The van der Waals surface area contributed by atoms with Gasteiger partial charge < -0.3 is 26.2 Å². The number of alkyl halides is 3. The standard InChI is InChI=1S/C15H12N6O4.C2HF3O2/c16-15-19-11(14(23)20-15)7-4-5-17-13(22)12-9(7)6-2-1-3-8(21(24)25)10(6)18-12;3-2(4,5)1(6)7/h1-3,23H,4-5H2,(H,17,22)(H3,16,19,20);(H,6,7). The van der Waals surface area contributed by atoms with Crippen molar-refractivity contribution in [1.29, 1.82) is 0 Å². The van der Waals surface area contributed by atoms with Crippen molar-refractivity contribution in [2.24, 2.45) is 4.99 Å². The predicted molar refractivity (Wildman–Crippen MR) is 103 cm³/mol. The molecule has 0 radical (unpaired) electrons. The first-order chi connectivity index (χ1) is 14.9. The lowest BCUT2D eigenvalue weighted by molar-refractivity contribution is -0.384. The Labute approximate surface area is 175 Å². The number of anilines is 1. The number of carboxylic acid groups (broad SMARTS) is 1. The maximum absolute atomic E-state index is 12.4. The molecule has 0 fully saturated rings. The van der Waals surface area contributed by atoms with Gasteiger partial charge in [-0.15, -0.1) is 0 Å². The van der Waals surface area contributed by atoms with Gasteiger partial charge in [-0.3, -0.25) is 14.9 Å². The minimum absolute atomic E-state index is 0.0277. The Bertz CT molecular complexity index is 1200. The summed E-state index contributed by atoms with van der Waals surface area (Å²) in [6, 6.07) is 4.52. The summed E-state index contributed by atoms with van der Waals surface area (Å²) >= 11 is 0. The summed E-state index contributed by atoms with van der Waals surface area (Å²) in [6.07, 6.45) is -4.71. The number of amides is 1. The number of nitro groups is 1. The number of aromatic nitrogens is 2. The number of rotatable bonds is 2. The Balaban J connectivity index is 0.000000360. The van der Waals surface area contributed by atoms with E-state index in [9.17, 15) is 33.2 Å². The molecule has 6 N–H and O–H groups in total. The molecule has 12 nitrogen and oxygen atoms in total. The highest BCUT2D eigenvalue weighted by Gasteiger charge is 2.38. The van der Waals surface area contributed by atoms with Gasteiger partial charge in [0.25, 0.3) is 11.6 Å². The molecule has 32 heavy (non-hydrogen) atoms. The first-order valence-electron chi connectivity index (χ1n) is 8.65. The zero-order valence-electron chi connectivity index (χ0n) is 15.7. The minimum atomic E-state index is -5.08. The van der Waals surface area contributed by atoms with Crippen molar-refractivity contribution in [2.45, 2.75) is 12.6 Å². The van der Waals surface area contributed by atoms with E-state index < -0.39 is 23.0 Å². The highest BCUT2D eigenvalue weighted by Crippen LogP contribution is 2.46. The summed E-state index contributed by atoms with van der Waals surface area (Å²) in [5.74, 6) is -3.46. The number of nitrogens with one attached hydrogen (secondary N) is 2. The van der Waals surface area contributed by atoms with Crippen molar-refractivity contribution in [3.05, 3.63) is 39.6 Å². The van der Waals surface area contributed by atoms with Crippen LogP contribution in [0.25, 0.3) is 11.1 Å². The molecule has 0 atom stereocenters. The molecular formula is C17H13F3N6O6. The number of nitro benzene ring substituents is 1. The molecule has 4 rings (SSSR count). The fraction of sp³-hybridized carbons (Fsp3) is 0.176. The Morgan fingerprint density at radius 2 is 1.97 bits per heavy atom. The Hall–Kier alpha value is -4.43. The number of nitrogen functional groups attached to an aromatic ring is 1. The summed E-state index contributed by atoms with van der Waals surface area (Å²) in [5.41, 5.74) is 7.35. The smallest absolute Gasteiger partial charge is 0.490 e. The van der Waals surface area contributed by atoms with E-state index in [-0.39, 0.29) is 34.6 Å². The molecular weight excluding hydrogens is 441 g/mol. The van der Waals surface area contributed by atoms with Gasteiger partial charge in [0, 0.05) is 23.7 Å². The highest BCUT2D eigenvalue weighted by molar-refractivity contribution is 6.60. The molecule has 168 valence electrons. The second kappa shape index (κ2) is 8.01. The van der Waals surface area contributed by atoms with Crippen molar-refractivity contribution in [3.8, 4) is 5.88 Å². The van der Waals surface area contributed by atoms with Gasteiger partial charge >= 0.3 is 12.1 Å². The third-order valence-corrected chi connectivity index (χ3v) is 4.37. The number of aromatic amines is 1. The number of nitrogens with two attached hydrogens (primary N) is 1. The van der Waals surface area contributed by atoms with Crippen molar-refractivity contribution < 1.29 is 37.9 Å². The molecule has 3 heterocycles. The van der Waals surface area contributed by atoms with E-state index in [0.717, 1.165) is 0 Å². The van der Waals surface area contributed by atoms with Crippen LogP contribution < -0.4 is 11.1 Å². The average Bonchev–Trinajstić information content (AvgIpc) is 3.19. The number of carbonyl (C=O) groups is 2. The van der Waals surface area contributed by atoms with E-state index >= 15 is 0 Å². The van der Waals surface area contributed by atoms with E-state index in [1.807, 2.05) is 0 Å². The van der Waals surface area contributed by atoms with Crippen molar-refractivity contribution >= 4 is 46.1 Å². The molecule has 0 spiro atoms. The van der Waals surface area contributed by atoms with Crippen molar-refractivity contribution in [3.63, 3.8) is 0 Å². The summed E-state index contributed by atoms with van der Waals surface area (Å²) < 4.78 is 31.7. The van der Waals surface area contributed by atoms with Crippen LogP contribution in [-0.4, -0.2) is 55.4 Å². The third kappa shape index (κ3) is 4.07. The molecule has 2 aliphatic rings. The molecule has 1 amide bonds. The lowest BCUT2D eigenvalue weighted by Gasteiger charge is -2.09. The number of hydrogen-bond donors (Lipinski definition) is 5. The van der Waals surface area contributed by atoms with E-state index in [4.69, 9.17) is 15.6 Å². The Kier molecular flexibility index (Phi) is 5.57. The molecule has 2 aromatic rings. The largest absolute Gasteiger partial charge is 0.492 e. The number of halogens is 3. The van der Waals surface area contributed by atoms with E-state index in [2.05, 4.69) is 20.3 Å². The normalized spacial score (nSPS) is 15.0. The van der Waals surface area contributed by atoms with Crippen LogP contribution in [-0.2, 0) is 9.59 Å². The Morgan fingerprint density at radius 3 is 2.50 bits per heavy atom. The number of aliphatic carboxylic acids is 1. The van der Waals surface area contributed by atoms with Crippen molar-refractivity contribution in [1.82, 2.24) is 15.3 Å². The zero-order chi connectivity index (χ0) is 23.8. The number of hydrogen-bond acceptors (Lipinski definition) is 8. The summed E-state index contributed by atoms with van der Waals surface area (Å²) in [7, 11) is 0. The highest BCUT2D eigenvalue weighted by atomic mass is 19.4. The van der Waals surface area contributed by atoms with Gasteiger partial charge in [-0.25, -0.2) is 9.79 Å².